The quantitative estimate of drug-likeness (QED) is 0.817. The Bertz CT molecular complexity index is 386. The lowest BCUT2D eigenvalue weighted by Crippen LogP contribution is -2.38. The Balaban J connectivity index is 2.36. The molecule has 0 saturated heterocycles. The molecule has 4 nitrogen and oxygen atoms in total. The molecule has 19 heavy (non-hydrogen) atoms. The number of benzene rings is 1. The summed E-state index contributed by atoms with van der Waals surface area (Å²) in [5.41, 5.74) is 6.78. The van der Waals surface area contributed by atoms with Gasteiger partial charge in [0.05, 0.1) is 12.5 Å². The molecule has 0 bridgehead atoms. The van der Waals surface area contributed by atoms with Crippen LogP contribution >= 0.6 is 0 Å². The maximum Gasteiger partial charge on any atom is 0.226 e. The monoisotopic (exact) mass is 264 g/mol. The Morgan fingerprint density at radius 3 is 2.53 bits per heavy atom. The largest absolute Gasteiger partial charge is 0.492 e. The van der Waals surface area contributed by atoms with Gasteiger partial charge in [-0.1, -0.05) is 24.6 Å². The van der Waals surface area contributed by atoms with Crippen LogP contribution in [-0.2, 0) is 4.79 Å². The van der Waals surface area contributed by atoms with Crippen LogP contribution in [0.3, 0.4) is 0 Å². The number of carbonyl (C=O) groups is 1. The number of hydrogen-bond acceptors (Lipinski definition) is 3. The molecule has 4 heteroatoms. The number of carbonyl (C=O) groups excluding carboxylic acids is 1. The minimum absolute atomic E-state index is 0.0793. The van der Waals surface area contributed by atoms with Gasteiger partial charge >= 0.3 is 0 Å². The zero-order valence-corrected chi connectivity index (χ0v) is 12.1. The van der Waals surface area contributed by atoms with Crippen LogP contribution in [0.4, 0.5) is 0 Å². The van der Waals surface area contributed by atoms with Gasteiger partial charge in [-0.05, 0) is 25.5 Å². The highest BCUT2D eigenvalue weighted by atomic mass is 16.5. The van der Waals surface area contributed by atoms with E-state index in [4.69, 9.17) is 10.5 Å². The van der Waals surface area contributed by atoms with Gasteiger partial charge in [0.1, 0.15) is 12.4 Å². The molecule has 1 unspecified atom stereocenters. The van der Waals surface area contributed by atoms with Gasteiger partial charge in [-0.2, -0.15) is 0 Å². The molecule has 1 aromatic rings. The van der Waals surface area contributed by atoms with E-state index in [2.05, 4.69) is 0 Å². The molecule has 106 valence electrons. The molecule has 1 amide bonds. The maximum atomic E-state index is 12.0. The Morgan fingerprint density at radius 1 is 1.37 bits per heavy atom. The molecule has 1 atom stereocenters. The van der Waals surface area contributed by atoms with E-state index in [0.717, 1.165) is 12.2 Å². The minimum Gasteiger partial charge on any atom is -0.492 e. The van der Waals surface area contributed by atoms with Crippen LogP contribution in [0.15, 0.2) is 24.3 Å². The smallest absolute Gasteiger partial charge is 0.226 e. The standard InChI is InChI=1S/C15H24N2O2/c1-4-13(11-16)15(18)17(3)9-10-19-14-7-5-12(2)6-8-14/h5-8,13H,4,9-11,16H2,1-3H3. The van der Waals surface area contributed by atoms with Crippen molar-refractivity contribution in [3.63, 3.8) is 0 Å². The van der Waals surface area contributed by atoms with Crippen molar-refractivity contribution >= 4 is 5.91 Å². The van der Waals surface area contributed by atoms with E-state index < -0.39 is 0 Å². The molecule has 2 N–H and O–H groups in total. The number of hydrogen-bond donors (Lipinski definition) is 1. The molecular weight excluding hydrogens is 240 g/mol. The predicted molar refractivity (Wildman–Crippen MR) is 77.1 cm³/mol. The van der Waals surface area contributed by atoms with E-state index in [0.29, 0.717) is 19.7 Å². The third-order valence-electron chi connectivity index (χ3n) is 3.22. The maximum absolute atomic E-state index is 12.0. The fraction of sp³-hybridized carbons (Fsp3) is 0.533. The first-order valence-corrected chi connectivity index (χ1v) is 6.73. The molecule has 0 spiro atoms. The lowest BCUT2D eigenvalue weighted by atomic mass is 10.1. The zero-order valence-electron chi connectivity index (χ0n) is 12.1. The highest BCUT2D eigenvalue weighted by molar-refractivity contribution is 5.78. The normalized spacial score (nSPS) is 12.0. The van der Waals surface area contributed by atoms with Crippen molar-refractivity contribution in [2.45, 2.75) is 20.3 Å². The van der Waals surface area contributed by atoms with Crippen LogP contribution in [0.5, 0.6) is 5.75 Å². The highest BCUT2D eigenvalue weighted by Gasteiger charge is 2.18. The fourth-order valence-corrected chi connectivity index (χ4v) is 1.80. The van der Waals surface area contributed by atoms with Gasteiger partial charge in [0.25, 0.3) is 0 Å². The Kier molecular flexibility index (Phi) is 6.36. The third-order valence-corrected chi connectivity index (χ3v) is 3.22. The van der Waals surface area contributed by atoms with E-state index in [1.165, 1.54) is 5.56 Å². The van der Waals surface area contributed by atoms with E-state index in [1.807, 2.05) is 38.1 Å². The number of amides is 1. The predicted octanol–water partition coefficient (Wildman–Crippen LogP) is 1.82. The van der Waals surface area contributed by atoms with Crippen LogP contribution in [0.25, 0.3) is 0 Å². The van der Waals surface area contributed by atoms with Gasteiger partial charge in [0, 0.05) is 13.6 Å². The molecule has 0 fully saturated rings. The first kappa shape index (κ1) is 15.5. The molecule has 1 rings (SSSR count). The summed E-state index contributed by atoms with van der Waals surface area (Å²) in [7, 11) is 1.79. The lowest BCUT2D eigenvalue weighted by molar-refractivity contribution is -0.134. The van der Waals surface area contributed by atoms with Gasteiger partial charge in [-0.25, -0.2) is 0 Å². The van der Waals surface area contributed by atoms with E-state index in [1.54, 1.807) is 11.9 Å². The zero-order chi connectivity index (χ0) is 14.3. The number of nitrogens with two attached hydrogens (primary N) is 1. The second-order valence-electron chi connectivity index (χ2n) is 4.76. The Labute approximate surface area is 115 Å². The molecular formula is C15H24N2O2. The summed E-state index contributed by atoms with van der Waals surface area (Å²) in [4.78, 5) is 13.7. The lowest BCUT2D eigenvalue weighted by Gasteiger charge is -2.22. The number of likely N-dealkylation sites (N-methyl/N-ethyl adjacent to an activating group) is 1. The van der Waals surface area contributed by atoms with Gasteiger partial charge in [-0.15, -0.1) is 0 Å². The Hall–Kier alpha value is -1.55. The van der Waals surface area contributed by atoms with Crippen LogP contribution in [0.2, 0.25) is 0 Å². The summed E-state index contributed by atoms with van der Waals surface area (Å²) in [6, 6.07) is 7.88. The first-order valence-electron chi connectivity index (χ1n) is 6.73. The van der Waals surface area contributed by atoms with Crippen LogP contribution in [0.1, 0.15) is 18.9 Å². The topological polar surface area (TPSA) is 55.6 Å². The number of aryl methyl sites for hydroxylation is 1. The van der Waals surface area contributed by atoms with Crippen molar-refractivity contribution in [1.29, 1.82) is 0 Å². The Morgan fingerprint density at radius 2 is 2.00 bits per heavy atom. The van der Waals surface area contributed by atoms with Gasteiger partial charge in [-0.3, -0.25) is 4.79 Å². The molecule has 0 heterocycles. The average Bonchev–Trinajstić information content (AvgIpc) is 2.42. The molecule has 0 saturated carbocycles. The number of rotatable bonds is 7. The molecule has 0 radical (unpaired) electrons. The van der Waals surface area contributed by atoms with Crippen molar-refractivity contribution < 1.29 is 9.53 Å². The summed E-state index contributed by atoms with van der Waals surface area (Å²) < 4.78 is 5.60. The first-order chi connectivity index (χ1) is 9.08. The van der Waals surface area contributed by atoms with E-state index >= 15 is 0 Å². The van der Waals surface area contributed by atoms with Crippen molar-refractivity contribution in [3.05, 3.63) is 29.8 Å². The second-order valence-corrected chi connectivity index (χ2v) is 4.76. The van der Waals surface area contributed by atoms with Gasteiger partial charge < -0.3 is 15.4 Å². The third kappa shape index (κ3) is 4.91. The summed E-state index contributed by atoms with van der Waals surface area (Å²) in [6.45, 7) is 5.48. The SMILES string of the molecule is CCC(CN)C(=O)N(C)CCOc1ccc(C)cc1. The molecule has 0 aliphatic carbocycles. The summed E-state index contributed by atoms with van der Waals surface area (Å²) in [5, 5.41) is 0. The van der Waals surface area contributed by atoms with Crippen molar-refractivity contribution in [2.75, 3.05) is 26.7 Å². The number of nitrogens with zero attached hydrogens (tertiary/aromatic N) is 1. The van der Waals surface area contributed by atoms with Crippen LogP contribution in [0, 0.1) is 12.8 Å². The average molecular weight is 264 g/mol. The minimum atomic E-state index is -0.0793. The van der Waals surface area contributed by atoms with Gasteiger partial charge in [0.2, 0.25) is 5.91 Å². The summed E-state index contributed by atoms with van der Waals surface area (Å²) in [6.07, 6.45) is 0.776. The van der Waals surface area contributed by atoms with Crippen molar-refractivity contribution in [2.24, 2.45) is 11.7 Å². The van der Waals surface area contributed by atoms with Crippen molar-refractivity contribution in [1.82, 2.24) is 4.90 Å². The molecule has 0 aliphatic heterocycles. The number of ether oxygens (including phenoxy) is 1. The molecule has 0 aromatic heterocycles. The second kappa shape index (κ2) is 7.79. The van der Waals surface area contributed by atoms with Gasteiger partial charge in [0.15, 0.2) is 0 Å². The van der Waals surface area contributed by atoms with E-state index in [9.17, 15) is 4.79 Å². The fourth-order valence-electron chi connectivity index (χ4n) is 1.80. The van der Waals surface area contributed by atoms with E-state index in [-0.39, 0.29) is 11.8 Å². The van der Waals surface area contributed by atoms with Crippen LogP contribution < -0.4 is 10.5 Å². The summed E-state index contributed by atoms with van der Waals surface area (Å²) >= 11 is 0. The molecule has 0 aliphatic rings. The van der Waals surface area contributed by atoms with Crippen LogP contribution in [-0.4, -0.2) is 37.6 Å². The van der Waals surface area contributed by atoms with Crippen molar-refractivity contribution in [3.8, 4) is 5.75 Å². The highest BCUT2D eigenvalue weighted by Crippen LogP contribution is 2.11. The molecule has 1 aromatic carbocycles. The summed E-state index contributed by atoms with van der Waals surface area (Å²) in [5.74, 6) is 0.846.